The molecule has 6 heteroatoms. The molecular weight excluding hydrogens is 200 g/mol. The van der Waals surface area contributed by atoms with Crippen molar-refractivity contribution in [3.05, 3.63) is 12.1 Å². The minimum Gasteiger partial charge on any atom is -0.504 e. The van der Waals surface area contributed by atoms with Crippen LogP contribution in [0, 0.1) is 0 Å². The smallest absolute Gasteiger partial charge is 0.319 e. The maximum Gasteiger partial charge on any atom is 0.319 e. The Morgan fingerprint density at radius 1 is 1.27 bits per heavy atom. The standard InChI is InChI=1S/C9H12N2O4/c1-2-10-9(15)11-5-3-6(12)8(14)7(13)4-5/h3-4,12-14H,2H2,1H3,(H2,10,11,15). The van der Waals surface area contributed by atoms with Gasteiger partial charge in [-0.15, -0.1) is 0 Å². The van der Waals surface area contributed by atoms with Crippen molar-refractivity contribution in [2.75, 3.05) is 11.9 Å². The molecule has 82 valence electrons. The third-order valence-electron chi connectivity index (χ3n) is 1.66. The van der Waals surface area contributed by atoms with E-state index in [1.165, 1.54) is 0 Å². The van der Waals surface area contributed by atoms with Crippen molar-refractivity contribution in [1.82, 2.24) is 5.32 Å². The van der Waals surface area contributed by atoms with E-state index in [4.69, 9.17) is 15.3 Å². The van der Waals surface area contributed by atoms with Gasteiger partial charge >= 0.3 is 6.03 Å². The van der Waals surface area contributed by atoms with Crippen LogP contribution in [0.5, 0.6) is 17.2 Å². The zero-order chi connectivity index (χ0) is 11.4. The number of carbonyl (C=O) groups is 1. The minimum absolute atomic E-state index is 0.189. The topological polar surface area (TPSA) is 102 Å². The highest BCUT2D eigenvalue weighted by Crippen LogP contribution is 2.37. The Balaban J connectivity index is 2.83. The second-order valence-electron chi connectivity index (χ2n) is 2.85. The monoisotopic (exact) mass is 212 g/mol. The number of phenolic OH excluding ortho intramolecular Hbond substituents is 3. The van der Waals surface area contributed by atoms with Gasteiger partial charge in [0.25, 0.3) is 0 Å². The fourth-order valence-electron chi connectivity index (χ4n) is 1.01. The van der Waals surface area contributed by atoms with E-state index in [0.717, 1.165) is 12.1 Å². The van der Waals surface area contributed by atoms with Crippen LogP contribution in [-0.2, 0) is 0 Å². The van der Waals surface area contributed by atoms with Gasteiger partial charge in [0.2, 0.25) is 0 Å². The molecule has 0 heterocycles. The SMILES string of the molecule is CCNC(=O)Nc1cc(O)c(O)c(O)c1. The molecule has 6 nitrogen and oxygen atoms in total. The predicted molar refractivity (Wildman–Crippen MR) is 54.1 cm³/mol. The molecule has 0 unspecified atom stereocenters. The summed E-state index contributed by atoms with van der Waals surface area (Å²) in [5.41, 5.74) is 0.189. The molecule has 15 heavy (non-hydrogen) atoms. The summed E-state index contributed by atoms with van der Waals surface area (Å²) in [6, 6.07) is 1.80. The van der Waals surface area contributed by atoms with Crippen molar-refractivity contribution in [2.24, 2.45) is 0 Å². The average Bonchev–Trinajstić information content (AvgIpc) is 2.14. The summed E-state index contributed by atoms with van der Waals surface area (Å²) in [5.74, 6) is -1.61. The Hall–Kier alpha value is -2.11. The Kier molecular flexibility index (Phi) is 3.22. The number of carbonyl (C=O) groups excluding carboxylic acids is 1. The lowest BCUT2D eigenvalue weighted by Crippen LogP contribution is -2.28. The van der Waals surface area contributed by atoms with Gasteiger partial charge < -0.3 is 26.0 Å². The van der Waals surface area contributed by atoms with Crippen LogP contribution in [0.4, 0.5) is 10.5 Å². The zero-order valence-corrected chi connectivity index (χ0v) is 8.11. The van der Waals surface area contributed by atoms with Crippen LogP contribution in [0.15, 0.2) is 12.1 Å². The summed E-state index contributed by atoms with van der Waals surface area (Å²) in [7, 11) is 0. The van der Waals surface area contributed by atoms with Gasteiger partial charge in [-0.25, -0.2) is 4.79 Å². The third kappa shape index (κ3) is 2.67. The molecule has 0 radical (unpaired) electrons. The van der Waals surface area contributed by atoms with E-state index in [-0.39, 0.29) is 5.69 Å². The van der Waals surface area contributed by atoms with Gasteiger partial charge in [0.1, 0.15) is 0 Å². The highest BCUT2D eigenvalue weighted by molar-refractivity contribution is 5.90. The van der Waals surface area contributed by atoms with Crippen LogP contribution in [-0.4, -0.2) is 27.9 Å². The second-order valence-corrected chi connectivity index (χ2v) is 2.85. The zero-order valence-electron chi connectivity index (χ0n) is 8.11. The van der Waals surface area contributed by atoms with Crippen molar-refractivity contribution in [3.8, 4) is 17.2 Å². The molecule has 0 fully saturated rings. The summed E-state index contributed by atoms with van der Waals surface area (Å²) in [6.45, 7) is 2.22. The average molecular weight is 212 g/mol. The summed E-state index contributed by atoms with van der Waals surface area (Å²) in [4.78, 5) is 11.1. The molecule has 0 saturated carbocycles. The highest BCUT2D eigenvalue weighted by atomic mass is 16.3. The quantitative estimate of drug-likeness (QED) is 0.372. The van der Waals surface area contributed by atoms with Crippen molar-refractivity contribution < 1.29 is 20.1 Å². The molecule has 1 aromatic carbocycles. The van der Waals surface area contributed by atoms with Crippen molar-refractivity contribution in [3.63, 3.8) is 0 Å². The van der Waals surface area contributed by atoms with Gasteiger partial charge in [-0.1, -0.05) is 0 Å². The van der Waals surface area contributed by atoms with Gasteiger partial charge in [0.15, 0.2) is 17.2 Å². The number of benzene rings is 1. The number of urea groups is 1. The number of anilines is 1. The predicted octanol–water partition coefficient (Wildman–Crippen LogP) is 0.945. The largest absolute Gasteiger partial charge is 0.504 e. The molecule has 1 aromatic rings. The number of hydrogen-bond donors (Lipinski definition) is 5. The molecule has 1 rings (SSSR count). The maximum atomic E-state index is 11.1. The van der Waals surface area contributed by atoms with Crippen LogP contribution in [0.1, 0.15) is 6.92 Å². The van der Waals surface area contributed by atoms with Crippen molar-refractivity contribution >= 4 is 11.7 Å². The van der Waals surface area contributed by atoms with Gasteiger partial charge in [0.05, 0.1) is 5.69 Å². The normalized spacial score (nSPS) is 9.67. The molecule has 0 aliphatic rings. The first kappa shape index (κ1) is 11.0. The maximum absolute atomic E-state index is 11.1. The fourth-order valence-corrected chi connectivity index (χ4v) is 1.01. The second kappa shape index (κ2) is 4.41. The van der Waals surface area contributed by atoms with Gasteiger partial charge in [-0.2, -0.15) is 0 Å². The molecule has 2 amide bonds. The fraction of sp³-hybridized carbons (Fsp3) is 0.222. The summed E-state index contributed by atoms with van der Waals surface area (Å²) in [5, 5.41) is 32.2. The van der Waals surface area contributed by atoms with Crippen molar-refractivity contribution in [1.29, 1.82) is 0 Å². The lowest BCUT2D eigenvalue weighted by molar-refractivity contribution is 0.252. The lowest BCUT2D eigenvalue weighted by Gasteiger charge is -2.07. The Bertz CT molecular complexity index is 355. The van der Waals surface area contributed by atoms with E-state index in [0.29, 0.717) is 6.54 Å². The van der Waals surface area contributed by atoms with Crippen LogP contribution < -0.4 is 10.6 Å². The first-order valence-electron chi connectivity index (χ1n) is 4.34. The van der Waals surface area contributed by atoms with Gasteiger partial charge in [-0.3, -0.25) is 0 Å². The van der Waals surface area contributed by atoms with E-state index < -0.39 is 23.3 Å². The van der Waals surface area contributed by atoms with Crippen molar-refractivity contribution in [2.45, 2.75) is 6.92 Å². The van der Waals surface area contributed by atoms with Crippen LogP contribution in [0.25, 0.3) is 0 Å². The number of phenols is 3. The van der Waals surface area contributed by atoms with E-state index in [1.54, 1.807) is 6.92 Å². The summed E-state index contributed by atoms with van der Waals surface area (Å²) >= 11 is 0. The number of hydrogen-bond acceptors (Lipinski definition) is 4. The lowest BCUT2D eigenvalue weighted by atomic mass is 10.2. The van der Waals surface area contributed by atoms with Gasteiger partial charge in [-0.05, 0) is 6.92 Å². The van der Waals surface area contributed by atoms with Crippen LogP contribution >= 0.6 is 0 Å². The molecule has 0 atom stereocenters. The van der Waals surface area contributed by atoms with Gasteiger partial charge in [0, 0.05) is 18.7 Å². The molecule has 5 N–H and O–H groups in total. The number of amides is 2. The highest BCUT2D eigenvalue weighted by Gasteiger charge is 2.09. The number of rotatable bonds is 2. The first-order chi connectivity index (χ1) is 7.04. The Labute approximate surface area is 86.2 Å². The molecule has 0 bridgehead atoms. The van der Waals surface area contributed by atoms with E-state index >= 15 is 0 Å². The number of aromatic hydroxyl groups is 3. The summed E-state index contributed by atoms with van der Waals surface area (Å²) in [6.07, 6.45) is 0. The Morgan fingerprint density at radius 3 is 2.27 bits per heavy atom. The molecule has 0 saturated heterocycles. The first-order valence-corrected chi connectivity index (χ1v) is 4.34. The minimum atomic E-state index is -0.614. The van der Waals surface area contributed by atoms with E-state index in [9.17, 15) is 4.79 Å². The van der Waals surface area contributed by atoms with Crippen LogP contribution in [0.3, 0.4) is 0 Å². The number of nitrogens with one attached hydrogen (secondary N) is 2. The molecular formula is C9H12N2O4. The van der Waals surface area contributed by atoms with E-state index in [2.05, 4.69) is 10.6 Å². The third-order valence-corrected chi connectivity index (χ3v) is 1.66. The Morgan fingerprint density at radius 2 is 1.80 bits per heavy atom. The molecule has 0 spiro atoms. The molecule has 0 aliphatic carbocycles. The molecule has 0 aromatic heterocycles. The van der Waals surface area contributed by atoms with Crippen LogP contribution in [0.2, 0.25) is 0 Å². The summed E-state index contributed by atoms with van der Waals surface area (Å²) < 4.78 is 0. The molecule has 0 aliphatic heterocycles. The van der Waals surface area contributed by atoms with E-state index in [1.807, 2.05) is 0 Å².